The molecule has 1 atom stereocenters. The standard InChI is InChI=1S/C3H8ClO.Ca.H2O/c1-3(5)2-4;;/h3-5H,2H2,1H3;;1H2/q+1;+2;/p-1. The van der Waals surface area contributed by atoms with Gasteiger partial charge in [-0.2, -0.15) is 0 Å². The fourth-order valence-electron chi connectivity index (χ4n) is 0. The van der Waals surface area contributed by atoms with E-state index in [1.54, 1.807) is 6.92 Å². The summed E-state index contributed by atoms with van der Waals surface area (Å²) in [4.78, 5) is 0. The predicted octanol–water partition coefficient (Wildman–Crippen LogP) is -0.909. The molecule has 0 amide bonds. The third kappa shape index (κ3) is 18.6. The summed E-state index contributed by atoms with van der Waals surface area (Å²) >= 11 is 4.43. The molecular weight excluding hydrogens is 144 g/mol. The number of alkyl halides is 1. The molecule has 0 rings (SSSR count). The molecule has 0 aliphatic heterocycles. The van der Waals surface area contributed by atoms with Crippen molar-refractivity contribution in [3.8, 4) is 0 Å². The smallest absolute Gasteiger partial charge is 0.870 e. The van der Waals surface area contributed by atoms with E-state index in [-0.39, 0.29) is 49.3 Å². The van der Waals surface area contributed by atoms with Gasteiger partial charge in [0.05, 0.1) is 0 Å². The summed E-state index contributed by atoms with van der Waals surface area (Å²) in [5, 5.41) is 8.26. The van der Waals surface area contributed by atoms with Crippen LogP contribution in [0, 0.1) is 11.6 Å². The monoisotopic (exact) mass is 152 g/mol. The first kappa shape index (κ1) is 15.8. The van der Waals surface area contributed by atoms with Crippen molar-refractivity contribution in [3.05, 3.63) is 0 Å². The third-order valence-corrected chi connectivity index (χ3v) is 0.724. The first-order valence-electron chi connectivity index (χ1n) is 1.53. The Morgan fingerprint density at radius 1 is 1.71 bits per heavy atom. The van der Waals surface area contributed by atoms with Gasteiger partial charge in [-0.05, 0) is 6.92 Å². The molecule has 0 aromatic carbocycles. The van der Waals surface area contributed by atoms with Gasteiger partial charge < -0.3 is 10.6 Å². The Kier molecular flexibility index (Phi) is 23.6. The van der Waals surface area contributed by atoms with Crippen molar-refractivity contribution in [2.45, 2.75) is 13.0 Å². The van der Waals surface area contributed by atoms with Gasteiger partial charge >= 0.3 is 37.7 Å². The SMILES string of the molecule is CC(O)C[ClH+].[Ca+2].[OH-]. The second-order valence-corrected chi connectivity index (χ2v) is 1.35. The van der Waals surface area contributed by atoms with Crippen LogP contribution in [0.4, 0.5) is 0 Å². The average Bonchev–Trinajstić information content (AvgIpc) is 1.38. The van der Waals surface area contributed by atoms with Crippen LogP contribution < -0.4 is 0 Å². The molecule has 2 N–H and O–H groups in total. The minimum atomic E-state index is -0.301. The quantitative estimate of drug-likeness (QED) is 0.391. The van der Waals surface area contributed by atoms with E-state index in [1.807, 2.05) is 0 Å². The van der Waals surface area contributed by atoms with Gasteiger partial charge in [0.1, 0.15) is 17.7 Å². The van der Waals surface area contributed by atoms with E-state index in [0.29, 0.717) is 5.88 Å². The Hall–Kier alpha value is 1.47. The fraction of sp³-hybridized carbons (Fsp3) is 1.00. The molecule has 0 radical (unpaired) electrons. The summed E-state index contributed by atoms with van der Waals surface area (Å²) in [5.41, 5.74) is 0. The molecule has 0 aliphatic rings. The third-order valence-electron chi connectivity index (χ3n) is 0.241. The van der Waals surface area contributed by atoms with Crippen molar-refractivity contribution < 1.29 is 22.2 Å². The van der Waals surface area contributed by atoms with Crippen LogP contribution >= 0.6 is 0 Å². The normalized spacial score (nSPS) is 10.7. The van der Waals surface area contributed by atoms with E-state index in [9.17, 15) is 0 Å². The van der Waals surface area contributed by atoms with Gasteiger partial charge in [-0.25, -0.2) is 0 Å². The molecule has 7 heavy (non-hydrogen) atoms. The summed E-state index contributed by atoms with van der Waals surface area (Å²) in [6, 6.07) is 0. The van der Waals surface area contributed by atoms with Crippen LogP contribution in [0.2, 0.25) is 0 Å². The maximum absolute atomic E-state index is 8.26. The first-order chi connectivity index (χ1) is 2.27. The number of hydrogen-bond donors (Lipinski definition) is 1. The Bertz CT molecular complexity index is 26.9. The second kappa shape index (κ2) is 10.5. The molecule has 0 spiro atoms. The molecule has 0 aromatic heterocycles. The van der Waals surface area contributed by atoms with Gasteiger partial charge in [-0.3, -0.25) is 0 Å². The van der Waals surface area contributed by atoms with E-state index >= 15 is 0 Å². The van der Waals surface area contributed by atoms with Crippen LogP contribution in [0.5, 0.6) is 0 Å². The molecule has 0 fully saturated rings. The molecule has 1 unspecified atom stereocenters. The van der Waals surface area contributed by atoms with Crippen LogP contribution in [-0.4, -0.2) is 60.3 Å². The molecule has 2 nitrogen and oxygen atoms in total. The molecule has 0 saturated carbocycles. The van der Waals surface area contributed by atoms with E-state index in [4.69, 9.17) is 5.11 Å². The Labute approximate surface area is 78.2 Å². The van der Waals surface area contributed by atoms with E-state index in [1.165, 1.54) is 0 Å². The molecule has 0 aliphatic carbocycles. The zero-order valence-electron chi connectivity index (χ0n) is 4.29. The number of hydrogen-bond acceptors (Lipinski definition) is 2. The minimum absolute atomic E-state index is 0. The Morgan fingerprint density at radius 3 is 1.86 bits per heavy atom. The summed E-state index contributed by atoms with van der Waals surface area (Å²) < 4.78 is 0. The van der Waals surface area contributed by atoms with E-state index in [2.05, 4.69) is 11.6 Å². The van der Waals surface area contributed by atoms with E-state index < -0.39 is 0 Å². The van der Waals surface area contributed by atoms with Crippen molar-refractivity contribution in [3.63, 3.8) is 0 Å². The van der Waals surface area contributed by atoms with Crippen LogP contribution in [0.15, 0.2) is 0 Å². The number of aliphatic hydroxyl groups is 1. The van der Waals surface area contributed by atoms with E-state index in [0.717, 1.165) is 0 Å². The topological polar surface area (TPSA) is 50.2 Å². The van der Waals surface area contributed by atoms with Crippen molar-refractivity contribution in [2.24, 2.45) is 0 Å². The number of halogens is 1. The molecule has 0 bridgehead atoms. The summed E-state index contributed by atoms with van der Waals surface area (Å²) in [6.45, 7) is 1.67. The molecule has 0 aromatic rings. The van der Waals surface area contributed by atoms with Gasteiger partial charge in [0.25, 0.3) is 0 Å². The van der Waals surface area contributed by atoms with Gasteiger partial charge in [0.15, 0.2) is 5.88 Å². The van der Waals surface area contributed by atoms with Crippen LogP contribution in [0.1, 0.15) is 6.92 Å². The van der Waals surface area contributed by atoms with Crippen molar-refractivity contribution in [1.29, 1.82) is 0 Å². The van der Waals surface area contributed by atoms with Crippen LogP contribution in [0.25, 0.3) is 0 Å². The minimum Gasteiger partial charge on any atom is -0.870 e. The summed E-state index contributed by atoms with van der Waals surface area (Å²) in [6.07, 6.45) is -0.301. The van der Waals surface area contributed by atoms with Crippen molar-refractivity contribution >= 4 is 37.7 Å². The molecule has 4 heteroatoms. The van der Waals surface area contributed by atoms with Crippen LogP contribution in [-0.2, 0) is 0 Å². The Morgan fingerprint density at radius 2 is 1.86 bits per heavy atom. The fourth-order valence-corrected chi connectivity index (χ4v) is 0. The maximum Gasteiger partial charge on any atom is 2.00 e. The van der Waals surface area contributed by atoms with Gasteiger partial charge in [0.2, 0.25) is 0 Å². The molecule has 0 saturated heterocycles. The van der Waals surface area contributed by atoms with Crippen molar-refractivity contribution in [1.82, 2.24) is 0 Å². The predicted molar refractivity (Wildman–Crippen MR) is 25.6 cm³/mol. The van der Waals surface area contributed by atoms with Crippen LogP contribution in [0.3, 0.4) is 0 Å². The number of rotatable bonds is 1. The first-order valence-corrected chi connectivity index (χ1v) is 2.11. The summed E-state index contributed by atoms with van der Waals surface area (Å²) in [7, 11) is 0. The average molecular weight is 153 g/mol. The van der Waals surface area contributed by atoms with Gasteiger partial charge in [0, 0.05) is 0 Å². The second-order valence-electron chi connectivity index (χ2n) is 1.02. The van der Waals surface area contributed by atoms with Crippen molar-refractivity contribution in [2.75, 3.05) is 5.88 Å². The maximum atomic E-state index is 8.26. The largest absolute Gasteiger partial charge is 2.00 e. The molecule has 0 heterocycles. The number of aliphatic hydroxyl groups excluding tert-OH is 1. The van der Waals surface area contributed by atoms with Gasteiger partial charge in [-0.1, -0.05) is 0 Å². The molecular formula is C3H9CaClO2+2. The zero-order valence-corrected chi connectivity index (χ0v) is 7.32. The zero-order chi connectivity index (χ0) is 4.28. The Balaban J connectivity index is -0.0000000800. The van der Waals surface area contributed by atoms with Gasteiger partial charge in [-0.15, -0.1) is 0 Å². The molecule has 40 valence electrons. The summed E-state index contributed by atoms with van der Waals surface area (Å²) in [5.74, 6) is 0.444.